The van der Waals surface area contributed by atoms with Crippen molar-refractivity contribution in [2.24, 2.45) is 0 Å². The van der Waals surface area contributed by atoms with Gasteiger partial charge in [-0.2, -0.15) is 5.10 Å². The molecule has 0 saturated carbocycles. The van der Waals surface area contributed by atoms with Crippen LogP contribution in [0.2, 0.25) is 0 Å². The average molecular weight is 543 g/mol. The van der Waals surface area contributed by atoms with Crippen LogP contribution >= 0.6 is 0 Å². The molecule has 0 radical (unpaired) electrons. The van der Waals surface area contributed by atoms with Crippen LogP contribution < -0.4 is 5.32 Å². The first-order valence-corrected chi connectivity index (χ1v) is 13.9. The molecule has 5 rings (SSSR count). The summed E-state index contributed by atoms with van der Waals surface area (Å²) in [5, 5.41) is 7.57. The van der Waals surface area contributed by atoms with Crippen molar-refractivity contribution < 1.29 is 13.6 Å². The number of rotatable bonds is 7. The van der Waals surface area contributed by atoms with Crippen molar-refractivity contribution in [3.63, 3.8) is 0 Å². The van der Waals surface area contributed by atoms with Gasteiger partial charge in [0.25, 0.3) is 0 Å². The van der Waals surface area contributed by atoms with Crippen molar-refractivity contribution >= 4 is 11.6 Å². The molecule has 1 N–H and O–H groups in total. The normalized spacial score (nSPS) is 14.4. The maximum absolute atomic E-state index is 15.9. The van der Waals surface area contributed by atoms with Crippen LogP contribution in [0.3, 0.4) is 0 Å². The van der Waals surface area contributed by atoms with Gasteiger partial charge >= 0.3 is 0 Å². The summed E-state index contributed by atoms with van der Waals surface area (Å²) in [7, 11) is 0. The first-order valence-electron chi connectivity index (χ1n) is 13.9. The highest BCUT2D eigenvalue weighted by Crippen LogP contribution is 2.46. The van der Waals surface area contributed by atoms with Crippen molar-refractivity contribution in [3.05, 3.63) is 99.7 Å². The van der Waals surface area contributed by atoms with Crippen molar-refractivity contribution in [3.8, 4) is 16.9 Å². The van der Waals surface area contributed by atoms with Crippen LogP contribution in [0.4, 0.5) is 14.5 Å². The van der Waals surface area contributed by atoms with E-state index in [1.165, 1.54) is 24.1 Å². The molecular formula is C33H36F2N4O. The van der Waals surface area contributed by atoms with Crippen molar-refractivity contribution in [1.82, 2.24) is 14.7 Å². The molecule has 7 heteroatoms. The summed E-state index contributed by atoms with van der Waals surface area (Å²) >= 11 is 0. The zero-order valence-electron chi connectivity index (χ0n) is 24.0. The number of carbonyl (C=O) groups is 1. The van der Waals surface area contributed by atoms with Crippen LogP contribution in [0.15, 0.2) is 54.6 Å². The lowest BCUT2D eigenvalue weighted by atomic mass is 9.97. The van der Waals surface area contributed by atoms with Crippen LogP contribution in [0.5, 0.6) is 0 Å². The number of amides is 1. The number of hydrogen-bond acceptors (Lipinski definition) is 3. The molecule has 208 valence electrons. The van der Waals surface area contributed by atoms with Gasteiger partial charge < -0.3 is 5.32 Å². The summed E-state index contributed by atoms with van der Waals surface area (Å²) in [4.78, 5) is 13.9. The van der Waals surface area contributed by atoms with E-state index < -0.39 is 23.1 Å². The second kappa shape index (κ2) is 10.6. The number of fused-ring (bicyclic) bond motifs is 1. The van der Waals surface area contributed by atoms with E-state index in [2.05, 4.69) is 69.1 Å². The number of aryl methyl sites for hydroxylation is 3. The Morgan fingerprint density at radius 3 is 2.25 bits per heavy atom. The fourth-order valence-electron chi connectivity index (χ4n) is 5.82. The Bertz CT molecular complexity index is 1580. The molecule has 1 amide bonds. The predicted octanol–water partition coefficient (Wildman–Crippen LogP) is 7.46. The molecule has 0 spiro atoms. The molecular weight excluding hydrogens is 506 g/mol. The third-order valence-electron chi connectivity index (χ3n) is 8.12. The topological polar surface area (TPSA) is 50.2 Å². The molecule has 40 heavy (non-hydrogen) atoms. The van der Waals surface area contributed by atoms with Crippen molar-refractivity contribution in [2.75, 3.05) is 5.32 Å². The zero-order valence-corrected chi connectivity index (χ0v) is 24.0. The molecule has 0 aliphatic carbocycles. The molecule has 1 aliphatic heterocycles. The molecule has 1 aromatic heterocycles. The average Bonchev–Trinajstić information content (AvgIpc) is 3.40. The van der Waals surface area contributed by atoms with Crippen LogP contribution in [-0.2, 0) is 36.3 Å². The summed E-state index contributed by atoms with van der Waals surface area (Å²) in [5.74, 6) is -1.77. The molecule has 4 aromatic rings. The van der Waals surface area contributed by atoms with Gasteiger partial charge in [0.2, 0.25) is 5.91 Å². The van der Waals surface area contributed by atoms with Gasteiger partial charge in [-0.15, -0.1) is 0 Å². The minimum absolute atomic E-state index is 0.127. The van der Waals surface area contributed by atoms with E-state index in [4.69, 9.17) is 5.10 Å². The molecule has 0 unspecified atom stereocenters. The summed E-state index contributed by atoms with van der Waals surface area (Å²) in [6.07, 6.45) is 1.54. The smallest absolute Gasteiger partial charge is 0.221 e. The number of para-hydroxylation sites is 1. The fraction of sp³-hybridized carbons (Fsp3) is 0.333. The van der Waals surface area contributed by atoms with Crippen molar-refractivity contribution in [1.29, 1.82) is 0 Å². The van der Waals surface area contributed by atoms with E-state index in [9.17, 15) is 4.79 Å². The molecule has 0 bridgehead atoms. The summed E-state index contributed by atoms with van der Waals surface area (Å²) in [6.45, 7) is 13.1. The Morgan fingerprint density at radius 2 is 1.62 bits per heavy atom. The third kappa shape index (κ3) is 4.73. The summed E-state index contributed by atoms with van der Waals surface area (Å²) < 4.78 is 33.0. The highest BCUT2D eigenvalue weighted by atomic mass is 19.1. The highest BCUT2D eigenvalue weighted by Gasteiger charge is 2.43. The van der Waals surface area contributed by atoms with Gasteiger partial charge in [-0.25, -0.2) is 13.5 Å². The number of halogens is 2. The van der Waals surface area contributed by atoms with Crippen LogP contribution in [0, 0.1) is 18.6 Å². The Hall–Kier alpha value is -3.84. The minimum Gasteiger partial charge on any atom is -0.324 e. The lowest BCUT2D eigenvalue weighted by Crippen LogP contribution is -2.36. The molecule has 5 nitrogen and oxygen atoms in total. The number of hydrogen-bond donors (Lipinski definition) is 1. The van der Waals surface area contributed by atoms with E-state index >= 15 is 8.78 Å². The third-order valence-corrected chi connectivity index (χ3v) is 8.12. The first-order chi connectivity index (χ1) is 19.1. The maximum Gasteiger partial charge on any atom is 0.221 e. The van der Waals surface area contributed by atoms with Crippen molar-refractivity contribution in [2.45, 2.75) is 73.0 Å². The summed E-state index contributed by atoms with van der Waals surface area (Å²) in [6, 6.07) is 16.7. The largest absolute Gasteiger partial charge is 0.324 e. The second-order valence-corrected chi connectivity index (χ2v) is 11.1. The van der Waals surface area contributed by atoms with E-state index in [1.54, 1.807) is 0 Å². The van der Waals surface area contributed by atoms with Gasteiger partial charge in [-0.1, -0.05) is 56.3 Å². The number of anilines is 1. The molecule has 0 atom stereocenters. The van der Waals surface area contributed by atoms with Gasteiger partial charge in [0, 0.05) is 37.2 Å². The van der Waals surface area contributed by atoms with Crippen LogP contribution in [0.1, 0.15) is 68.1 Å². The number of benzene rings is 3. The number of aromatic nitrogens is 2. The van der Waals surface area contributed by atoms with E-state index in [-0.39, 0.29) is 11.3 Å². The number of carbonyl (C=O) groups excluding carboxylic acids is 1. The van der Waals surface area contributed by atoms with E-state index in [0.29, 0.717) is 18.8 Å². The minimum atomic E-state index is -0.693. The van der Waals surface area contributed by atoms with Crippen LogP contribution in [0.25, 0.3) is 16.9 Å². The lowest BCUT2D eigenvalue weighted by molar-refractivity contribution is -0.114. The Balaban J connectivity index is 1.74. The molecule has 0 fully saturated rings. The molecule has 2 heterocycles. The molecule has 0 saturated heterocycles. The fourth-order valence-corrected chi connectivity index (χ4v) is 5.82. The van der Waals surface area contributed by atoms with E-state index in [1.807, 2.05) is 22.9 Å². The maximum atomic E-state index is 15.9. The first kappa shape index (κ1) is 27.7. The molecule has 1 aliphatic rings. The second-order valence-electron chi connectivity index (χ2n) is 11.1. The zero-order chi connectivity index (χ0) is 28.8. The highest BCUT2D eigenvalue weighted by molar-refractivity contribution is 5.89. The quantitative estimate of drug-likeness (QED) is 0.264. The lowest BCUT2D eigenvalue weighted by Gasteiger charge is -2.32. The Kier molecular flexibility index (Phi) is 7.36. The molecule has 3 aromatic carbocycles. The van der Waals surface area contributed by atoms with Crippen LogP contribution in [-0.4, -0.2) is 20.6 Å². The Labute approximate surface area is 234 Å². The number of nitrogens with one attached hydrogen (secondary N) is 1. The standard InChI is InChI=1S/C33H36F2N4O/c1-7-22-14-11-15-23(8-2)30(22)39-31(25-16-28(35)29(17-27(25)34)36-21(4)40)26-19-38(33(5,6)32(26)37-39)18-24-13-10-9-12-20(24)3/h9-17H,7-8,18-19H2,1-6H3,(H,36,40). The van der Waals surface area contributed by atoms with E-state index in [0.717, 1.165) is 47.0 Å². The van der Waals surface area contributed by atoms with Gasteiger partial charge in [0.1, 0.15) is 11.6 Å². The van der Waals surface area contributed by atoms with Gasteiger partial charge in [0.05, 0.1) is 28.3 Å². The monoisotopic (exact) mass is 542 g/mol. The predicted molar refractivity (Wildman–Crippen MR) is 155 cm³/mol. The van der Waals surface area contributed by atoms with Gasteiger partial charge in [-0.05, 0) is 61.9 Å². The number of nitrogens with zero attached hydrogens (tertiary/aromatic N) is 3. The summed E-state index contributed by atoms with van der Waals surface area (Å²) in [5.41, 5.74) is 7.32. The SMILES string of the molecule is CCc1cccc(CC)c1-n1nc2c(c1-c1cc(F)c(NC(C)=O)cc1F)CN(Cc1ccccc1C)C2(C)C. The van der Waals surface area contributed by atoms with Gasteiger partial charge in [0.15, 0.2) is 0 Å². The Morgan fingerprint density at radius 1 is 0.975 bits per heavy atom. The van der Waals surface area contributed by atoms with Gasteiger partial charge in [-0.3, -0.25) is 9.69 Å².